The average molecular weight is 267 g/mol. The molecule has 1 aliphatic rings. The quantitative estimate of drug-likeness (QED) is 0.898. The number of rotatable bonds is 3. The molecule has 3 rings (SSSR count). The van der Waals surface area contributed by atoms with E-state index >= 15 is 0 Å². The first-order valence-corrected chi connectivity index (χ1v) is 6.87. The summed E-state index contributed by atoms with van der Waals surface area (Å²) >= 11 is 0. The van der Waals surface area contributed by atoms with Crippen molar-refractivity contribution in [2.24, 2.45) is 0 Å². The number of anilines is 2. The lowest BCUT2D eigenvalue weighted by Crippen LogP contribution is -2.16. The summed E-state index contributed by atoms with van der Waals surface area (Å²) in [4.78, 5) is 15.9. The molecule has 0 saturated heterocycles. The van der Waals surface area contributed by atoms with Gasteiger partial charge in [0.15, 0.2) is 0 Å². The van der Waals surface area contributed by atoms with Crippen LogP contribution in [0, 0.1) is 0 Å². The van der Waals surface area contributed by atoms with Gasteiger partial charge in [0, 0.05) is 30.3 Å². The third-order valence-corrected chi connectivity index (χ3v) is 3.45. The second-order valence-electron chi connectivity index (χ2n) is 4.98. The van der Waals surface area contributed by atoms with Crippen molar-refractivity contribution in [3.8, 4) is 0 Å². The van der Waals surface area contributed by atoms with Crippen molar-refractivity contribution in [2.45, 2.75) is 19.3 Å². The number of carbonyl (C=O) groups excluding carboxylic acids is 1. The first-order valence-electron chi connectivity index (χ1n) is 6.87. The van der Waals surface area contributed by atoms with Gasteiger partial charge in [-0.15, -0.1) is 0 Å². The zero-order chi connectivity index (χ0) is 13.8. The summed E-state index contributed by atoms with van der Waals surface area (Å²) in [6, 6.07) is 9.78. The number of hydrogen-bond donors (Lipinski definition) is 2. The second-order valence-corrected chi connectivity index (χ2v) is 4.98. The maximum Gasteiger partial charge on any atom is 0.228 e. The van der Waals surface area contributed by atoms with E-state index in [4.69, 9.17) is 0 Å². The van der Waals surface area contributed by atoms with Gasteiger partial charge in [0.05, 0.1) is 6.42 Å². The van der Waals surface area contributed by atoms with Crippen molar-refractivity contribution in [1.29, 1.82) is 0 Å². The van der Waals surface area contributed by atoms with E-state index in [1.807, 2.05) is 24.3 Å². The van der Waals surface area contributed by atoms with Gasteiger partial charge in [-0.2, -0.15) is 0 Å². The Labute approximate surface area is 118 Å². The van der Waals surface area contributed by atoms with Crippen LogP contribution in [0.2, 0.25) is 0 Å². The lowest BCUT2D eigenvalue weighted by Gasteiger charge is -2.18. The van der Waals surface area contributed by atoms with Crippen LogP contribution in [0.15, 0.2) is 42.7 Å². The summed E-state index contributed by atoms with van der Waals surface area (Å²) in [7, 11) is 0. The Kier molecular flexibility index (Phi) is 3.63. The van der Waals surface area contributed by atoms with Crippen LogP contribution in [0.1, 0.15) is 17.5 Å². The van der Waals surface area contributed by atoms with Crippen molar-refractivity contribution in [3.05, 3.63) is 53.9 Å². The van der Waals surface area contributed by atoms with Crippen molar-refractivity contribution >= 4 is 17.3 Å². The zero-order valence-corrected chi connectivity index (χ0v) is 11.2. The molecule has 0 radical (unpaired) electrons. The molecule has 1 aromatic carbocycles. The molecule has 0 aliphatic carbocycles. The summed E-state index contributed by atoms with van der Waals surface area (Å²) in [6.45, 7) is 1.00. The van der Waals surface area contributed by atoms with Gasteiger partial charge in [-0.1, -0.05) is 6.07 Å². The Morgan fingerprint density at radius 2 is 2.10 bits per heavy atom. The minimum atomic E-state index is -0.00744. The maximum absolute atomic E-state index is 12.0. The van der Waals surface area contributed by atoms with E-state index in [0.717, 1.165) is 29.9 Å². The van der Waals surface area contributed by atoms with Gasteiger partial charge in [0.25, 0.3) is 0 Å². The molecule has 0 spiro atoms. The summed E-state index contributed by atoms with van der Waals surface area (Å²) in [6.07, 6.45) is 6.04. The highest BCUT2D eigenvalue weighted by Crippen LogP contribution is 2.25. The van der Waals surface area contributed by atoms with E-state index < -0.39 is 0 Å². The Morgan fingerprint density at radius 1 is 1.25 bits per heavy atom. The smallest absolute Gasteiger partial charge is 0.228 e. The molecule has 2 N–H and O–H groups in total. The minimum Gasteiger partial charge on any atom is -0.385 e. The molecule has 0 fully saturated rings. The molecule has 102 valence electrons. The normalized spacial score (nSPS) is 13.2. The number of aryl methyl sites for hydroxylation is 1. The first kappa shape index (κ1) is 12.7. The van der Waals surface area contributed by atoms with E-state index in [1.54, 1.807) is 12.4 Å². The van der Waals surface area contributed by atoms with Gasteiger partial charge in [0.2, 0.25) is 5.91 Å². The fourth-order valence-corrected chi connectivity index (χ4v) is 2.43. The van der Waals surface area contributed by atoms with Gasteiger partial charge < -0.3 is 10.6 Å². The molecule has 20 heavy (non-hydrogen) atoms. The lowest BCUT2D eigenvalue weighted by atomic mass is 10.0. The monoisotopic (exact) mass is 267 g/mol. The Bertz CT molecular complexity index is 610. The van der Waals surface area contributed by atoms with E-state index in [9.17, 15) is 4.79 Å². The summed E-state index contributed by atoms with van der Waals surface area (Å²) in [5.74, 6) is -0.00744. The minimum absolute atomic E-state index is 0.00744. The van der Waals surface area contributed by atoms with E-state index in [-0.39, 0.29) is 5.91 Å². The van der Waals surface area contributed by atoms with E-state index in [0.29, 0.717) is 6.42 Å². The van der Waals surface area contributed by atoms with Crippen LogP contribution in [0.5, 0.6) is 0 Å². The van der Waals surface area contributed by atoms with Crippen LogP contribution in [0.25, 0.3) is 0 Å². The summed E-state index contributed by atoms with van der Waals surface area (Å²) in [5.41, 5.74) is 4.27. The molecule has 1 amide bonds. The van der Waals surface area contributed by atoms with Crippen LogP contribution >= 0.6 is 0 Å². The highest BCUT2D eigenvalue weighted by molar-refractivity contribution is 5.92. The topological polar surface area (TPSA) is 54.0 Å². The summed E-state index contributed by atoms with van der Waals surface area (Å²) < 4.78 is 0. The predicted molar refractivity (Wildman–Crippen MR) is 79.8 cm³/mol. The molecule has 2 aromatic rings. The number of hydrogen-bond acceptors (Lipinski definition) is 3. The Hall–Kier alpha value is -2.36. The number of benzene rings is 1. The molecule has 0 unspecified atom stereocenters. The molecule has 1 aromatic heterocycles. The van der Waals surface area contributed by atoms with Crippen LogP contribution < -0.4 is 10.6 Å². The number of fused-ring (bicyclic) bond motifs is 1. The predicted octanol–water partition coefficient (Wildman–Crippen LogP) is 2.62. The van der Waals surface area contributed by atoms with Crippen LogP contribution in [0.4, 0.5) is 11.4 Å². The fraction of sp³-hybridized carbons (Fsp3) is 0.250. The van der Waals surface area contributed by atoms with Crippen molar-refractivity contribution < 1.29 is 4.79 Å². The van der Waals surface area contributed by atoms with E-state index in [1.165, 1.54) is 12.0 Å². The molecule has 4 heteroatoms. The molecule has 2 heterocycles. The standard InChI is InChI=1S/C16H17N3O/c20-16(10-12-5-8-17-9-6-12)19-14-4-3-13-2-1-7-18-15(13)11-14/h3-6,8-9,11,18H,1-2,7,10H2,(H,19,20). The zero-order valence-electron chi connectivity index (χ0n) is 11.2. The van der Waals surface area contributed by atoms with Gasteiger partial charge in [-0.25, -0.2) is 0 Å². The van der Waals surface area contributed by atoms with Crippen LogP contribution in [0.3, 0.4) is 0 Å². The average Bonchev–Trinajstić information content (AvgIpc) is 2.48. The molecule has 0 atom stereocenters. The number of nitrogens with one attached hydrogen (secondary N) is 2. The van der Waals surface area contributed by atoms with Gasteiger partial charge in [0.1, 0.15) is 0 Å². The number of pyridine rings is 1. The second kappa shape index (κ2) is 5.74. The molecular weight excluding hydrogens is 250 g/mol. The molecule has 0 bridgehead atoms. The number of amides is 1. The van der Waals surface area contributed by atoms with Gasteiger partial charge >= 0.3 is 0 Å². The highest BCUT2D eigenvalue weighted by atomic mass is 16.1. The van der Waals surface area contributed by atoms with Gasteiger partial charge in [-0.3, -0.25) is 9.78 Å². The Balaban J connectivity index is 1.67. The lowest BCUT2D eigenvalue weighted by molar-refractivity contribution is -0.115. The molecule has 0 saturated carbocycles. The SMILES string of the molecule is O=C(Cc1ccncc1)Nc1ccc2c(c1)NCCC2. The summed E-state index contributed by atoms with van der Waals surface area (Å²) in [5, 5.41) is 6.31. The molecule has 4 nitrogen and oxygen atoms in total. The third-order valence-electron chi connectivity index (χ3n) is 3.45. The maximum atomic E-state index is 12.0. The number of carbonyl (C=O) groups is 1. The largest absolute Gasteiger partial charge is 0.385 e. The van der Waals surface area contributed by atoms with Crippen molar-refractivity contribution in [3.63, 3.8) is 0 Å². The first-order chi connectivity index (χ1) is 9.81. The molecular formula is C16H17N3O. The third kappa shape index (κ3) is 2.96. The molecule has 1 aliphatic heterocycles. The van der Waals surface area contributed by atoms with Crippen LogP contribution in [-0.2, 0) is 17.6 Å². The van der Waals surface area contributed by atoms with Crippen molar-refractivity contribution in [1.82, 2.24) is 4.98 Å². The van der Waals surface area contributed by atoms with Gasteiger partial charge in [-0.05, 0) is 48.2 Å². The highest BCUT2D eigenvalue weighted by Gasteiger charge is 2.10. The number of aromatic nitrogens is 1. The number of nitrogens with zero attached hydrogens (tertiary/aromatic N) is 1. The van der Waals surface area contributed by atoms with Crippen molar-refractivity contribution in [2.75, 3.05) is 17.2 Å². The van der Waals surface area contributed by atoms with Crippen LogP contribution in [-0.4, -0.2) is 17.4 Å². The Morgan fingerprint density at radius 3 is 2.95 bits per heavy atom. The van der Waals surface area contributed by atoms with E-state index in [2.05, 4.69) is 21.7 Å². The fourth-order valence-electron chi connectivity index (χ4n) is 2.43.